The van der Waals surface area contributed by atoms with E-state index in [0.717, 1.165) is 43.2 Å². The first-order valence-corrected chi connectivity index (χ1v) is 12.6. The summed E-state index contributed by atoms with van der Waals surface area (Å²) in [7, 11) is 0. The van der Waals surface area contributed by atoms with Crippen LogP contribution in [0.5, 0.6) is 0 Å². The Bertz CT molecular complexity index is 1290. The molecule has 0 spiro atoms. The van der Waals surface area contributed by atoms with Crippen LogP contribution < -0.4 is 21.9 Å². The molecule has 1 unspecified atom stereocenters. The molecule has 1 amide bonds. The Morgan fingerprint density at radius 1 is 1.29 bits per heavy atom. The van der Waals surface area contributed by atoms with Gasteiger partial charge in [-0.05, 0) is 67.0 Å². The van der Waals surface area contributed by atoms with Crippen LogP contribution in [0.4, 0.5) is 16.4 Å². The van der Waals surface area contributed by atoms with E-state index >= 15 is 0 Å². The molecule has 4 rings (SSSR count). The van der Waals surface area contributed by atoms with Crippen molar-refractivity contribution < 1.29 is 9.53 Å². The van der Waals surface area contributed by atoms with Crippen LogP contribution in [0, 0.1) is 12.8 Å². The van der Waals surface area contributed by atoms with E-state index in [1.165, 1.54) is 0 Å². The van der Waals surface area contributed by atoms with Crippen LogP contribution in [0.3, 0.4) is 0 Å². The normalized spacial score (nSPS) is 15.9. The van der Waals surface area contributed by atoms with Crippen LogP contribution >= 0.6 is 34.7 Å². The Morgan fingerprint density at radius 2 is 2.11 bits per heavy atom. The first kappa shape index (κ1) is 25.2. The fourth-order valence-electron chi connectivity index (χ4n) is 3.76. The Kier molecular flexibility index (Phi) is 8.12. The Balaban J connectivity index is 1.47. The van der Waals surface area contributed by atoms with E-state index < -0.39 is 0 Å². The quantitative estimate of drug-likeness (QED) is 0.234. The molecule has 3 aromatic rings. The van der Waals surface area contributed by atoms with Crippen molar-refractivity contribution in [3.63, 3.8) is 0 Å². The van der Waals surface area contributed by atoms with Crippen molar-refractivity contribution in [2.24, 2.45) is 16.6 Å². The number of aromatic nitrogens is 1. The molecule has 0 radical (unpaired) electrons. The lowest BCUT2D eigenvalue weighted by molar-refractivity contribution is 0.102. The van der Waals surface area contributed by atoms with Crippen LogP contribution in [-0.4, -0.2) is 35.9 Å². The number of aryl methyl sites for hydroxylation is 1. The number of para-hydroxylation sites is 1. The average molecular weight is 534 g/mol. The van der Waals surface area contributed by atoms with Gasteiger partial charge in [0.2, 0.25) is 0 Å². The maximum Gasteiger partial charge on any atom is 0.271 e. The molecule has 35 heavy (non-hydrogen) atoms. The number of rotatable bonds is 8. The SMILES string of the molecule is Cc1cccc(Cl)c1NC(=O)c1ccc(Nc2s[nH]c(=O)c2C(N)=NCCC2CCOC2)cc1Cl. The fraction of sp³-hybridized carbons (Fsp3) is 0.292. The van der Waals surface area contributed by atoms with E-state index in [4.69, 9.17) is 33.7 Å². The highest BCUT2D eigenvalue weighted by Crippen LogP contribution is 2.29. The molecule has 11 heteroatoms. The van der Waals surface area contributed by atoms with Crippen molar-refractivity contribution >= 4 is 62.9 Å². The second-order valence-corrected chi connectivity index (χ2v) is 9.86. The largest absolute Gasteiger partial charge is 0.383 e. The molecule has 2 heterocycles. The molecule has 2 aromatic carbocycles. The minimum Gasteiger partial charge on any atom is -0.383 e. The first-order valence-electron chi connectivity index (χ1n) is 11.1. The van der Waals surface area contributed by atoms with Gasteiger partial charge in [0, 0.05) is 25.4 Å². The van der Waals surface area contributed by atoms with Gasteiger partial charge in [0.25, 0.3) is 11.5 Å². The van der Waals surface area contributed by atoms with Crippen molar-refractivity contribution in [2.45, 2.75) is 19.8 Å². The van der Waals surface area contributed by atoms with Gasteiger partial charge >= 0.3 is 0 Å². The number of aromatic amines is 1. The van der Waals surface area contributed by atoms with Gasteiger partial charge in [-0.25, -0.2) is 0 Å². The number of nitrogens with two attached hydrogens (primary N) is 1. The van der Waals surface area contributed by atoms with E-state index in [1.807, 2.05) is 19.1 Å². The number of nitrogens with zero attached hydrogens (tertiary/aromatic N) is 1. The number of benzene rings is 2. The molecule has 8 nitrogen and oxygen atoms in total. The van der Waals surface area contributed by atoms with Gasteiger partial charge in [-0.3, -0.25) is 19.0 Å². The average Bonchev–Trinajstić information content (AvgIpc) is 3.46. The summed E-state index contributed by atoms with van der Waals surface area (Å²) in [6.07, 6.45) is 1.88. The standard InChI is InChI=1S/C24H25Cl2N5O3S/c1-13-3-2-4-17(25)20(13)30-22(32)16-6-5-15(11-18(16)26)29-24-19(23(33)31-35-24)21(27)28-9-7-14-8-10-34-12-14/h2-6,11,14,29H,7-10,12H2,1H3,(H2,27,28)(H,30,32)(H,31,33). The van der Waals surface area contributed by atoms with Gasteiger partial charge in [-0.15, -0.1) is 0 Å². The smallest absolute Gasteiger partial charge is 0.271 e. The zero-order valence-corrected chi connectivity index (χ0v) is 21.3. The molecule has 1 saturated heterocycles. The number of anilines is 3. The van der Waals surface area contributed by atoms with Gasteiger partial charge in [0.05, 0.1) is 21.3 Å². The van der Waals surface area contributed by atoms with Crippen molar-refractivity contribution in [1.29, 1.82) is 0 Å². The maximum absolute atomic E-state index is 12.8. The lowest BCUT2D eigenvalue weighted by Crippen LogP contribution is -2.23. The molecule has 5 N–H and O–H groups in total. The van der Waals surface area contributed by atoms with E-state index in [0.29, 0.717) is 33.9 Å². The maximum atomic E-state index is 12.8. The van der Waals surface area contributed by atoms with Crippen LogP contribution in [0.15, 0.2) is 46.2 Å². The molecular formula is C24H25Cl2N5O3S. The summed E-state index contributed by atoms with van der Waals surface area (Å²) in [4.78, 5) is 29.6. The molecular weight excluding hydrogens is 509 g/mol. The molecule has 1 aliphatic rings. The molecule has 1 aliphatic heterocycles. The number of amidine groups is 1. The second-order valence-electron chi connectivity index (χ2n) is 8.23. The summed E-state index contributed by atoms with van der Waals surface area (Å²) in [5.41, 5.74) is 8.36. The van der Waals surface area contributed by atoms with Crippen molar-refractivity contribution in [3.8, 4) is 0 Å². The fourth-order valence-corrected chi connectivity index (χ4v) is 5.06. The van der Waals surface area contributed by atoms with Crippen molar-refractivity contribution in [3.05, 3.63) is 73.5 Å². The van der Waals surface area contributed by atoms with E-state index in [2.05, 4.69) is 20.0 Å². The lowest BCUT2D eigenvalue weighted by atomic mass is 10.1. The number of amides is 1. The second kappa shape index (κ2) is 11.3. The third kappa shape index (κ3) is 6.05. The molecule has 184 valence electrons. The number of ether oxygens (including phenoxy) is 1. The van der Waals surface area contributed by atoms with E-state index in [1.54, 1.807) is 24.3 Å². The number of aliphatic imine (C=N–C) groups is 1. The molecule has 0 saturated carbocycles. The predicted molar refractivity (Wildman–Crippen MR) is 143 cm³/mol. The Labute approximate surface area is 216 Å². The molecule has 0 bridgehead atoms. The summed E-state index contributed by atoms with van der Waals surface area (Å²) in [5, 5.41) is 7.16. The van der Waals surface area contributed by atoms with E-state index in [-0.39, 0.29) is 33.5 Å². The van der Waals surface area contributed by atoms with Gasteiger partial charge in [-0.2, -0.15) is 0 Å². The monoisotopic (exact) mass is 533 g/mol. The first-order chi connectivity index (χ1) is 16.8. The number of H-pyrrole nitrogens is 1. The van der Waals surface area contributed by atoms with Crippen LogP contribution in [0.1, 0.15) is 34.3 Å². The minimum atomic E-state index is -0.381. The summed E-state index contributed by atoms with van der Waals surface area (Å²) in [6.45, 7) is 3.90. The summed E-state index contributed by atoms with van der Waals surface area (Å²) < 4.78 is 8.06. The lowest BCUT2D eigenvalue weighted by Gasteiger charge is -2.12. The molecule has 1 fully saturated rings. The highest BCUT2D eigenvalue weighted by molar-refractivity contribution is 7.10. The number of carbonyl (C=O) groups excluding carboxylic acids is 1. The van der Waals surface area contributed by atoms with Crippen LogP contribution in [-0.2, 0) is 4.74 Å². The van der Waals surface area contributed by atoms with Crippen molar-refractivity contribution in [2.75, 3.05) is 30.4 Å². The molecule has 1 atom stereocenters. The van der Waals surface area contributed by atoms with E-state index in [9.17, 15) is 9.59 Å². The number of carbonyl (C=O) groups is 1. The molecule has 1 aromatic heterocycles. The number of hydrogen-bond acceptors (Lipinski definition) is 6. The van der Waals surface area contributed by atoms with Crippen LogP contribution in [0.25, 0.3) is 0 Å². The third-order valence-electron chi connectivity index (χ3n) is 5.73. The topological polar surface area (TPSA) is 122 Å². The molecule has 0 aliphatic carbocycles. The third-order valence-corrected chi connectivity index (χ3v) is 7.16. The Hall–Kier alpha value is -2.85. The van der Waals surface area contributed by atoms with Gasteiger partial charge in [-0.1, -0.05) is 35.3 Å². The van der Waals surface area contributed by atoms with Crippen LogP contribution in [0.2, 0.25) is 10.0 Å². The summed E-state index contributed by atoms with van der Waals surface area (Å²) in [6, 6.07) is 10.3. The van der Waals surface area contributed by atoms with Gasteiger partial charge < -0.3 is 21.1 Å². The minimum absolute atomic E-state index is 0.172. The Morgan fingerprint density at radius 3 is 2.83 bits per heavy atom. The highest BCUT2D eigenvalue weighted by Gasteiger charge is 2.18. The zero-order chi connectivity index (χ0) is 24.9. The van der Waals surface area contributed by atoms with Crippen molar-refractivity contribution in [1.82, 2.24) is 4.37 Å². The summed E-state index contributed by atoms with van der Waals surface area (Å²) in [5.74, 6) is 0.268. The van der Waals surface area contributed by atoms with Gasteiger partial charge in [0.15, 0.2) is 0 Å². The van der Waals surface area contributed by atoms with Gasteiger partial charge in [0.1, 0.15) is 16.4 Å². The number of hydrogen-bond donors (Lipinski definition) is 4. The number of nitrogens with one attached hydrogen (secondary N) is 3. The number of halogens is 2. The summed E-state index contributed by atoms with van der Waals surface area (Å²) >= 11 is 13.7. The zero-order valence-electron chi connectivity index (χ0n) is 19.0. The predicted octanol–water partition coefficient (Wildman–Crippen LogP) is 5.18. The highest BCUT2D eigenvalue weighted by atomic mass is 35.5.